The lowest BCUT2D eigenvalue weighted by Gasteiger charge is -2.11. The van der Waals surface area contributed by atoms with Gasteiger partial charge in [0, 0.05) is 25.7 Å². The number of benzene rings is 3. The predicted molar refractivity (Wildman–Crippen MR) is 151 cm³/mol. The average molecular weight is 486 g/mol. The van der Waals surface area contributed by atoms with Crippen LogP contribution in [0.25, 0.3) is 6.08 Å². The van der Waals surface area contributed by atoms with Crippen LogP contribution in [0.1, 0.15) is 49.8 Å². The lowest BCUT2D eigenvalue weighted by Crippen LogP contribution is -2.07. The van der Waals surface area contributed by atoms with Gasteiger partial charge >= 0.3 is 0 Å². The van der Waals surface area contributed by atoms with Gasteiger partial charge in [0.25, 0.3) is 0 Å². The summed E-state index contributed by atoms with van der Waals surface area (Å²) in [6.45, 7) is 6.16. The fourth-order valence-corrected chi connectivity index (χ4v) is 3.21. The third-order valence-corrected chi connectivity index (χ3v) is 5.99. The van der Waals surface area contributed by atoms with Gasteiger partial charge in [0.05, 0.1) is 5.92 Å². The van der Waals surface area contributed by atoms with Gasteiger partial charge in [-0.1, -0.05) is 106 Å². The van der Waals surface area contributed by atoms with Crippen molar-refractivity contribution >= 4 is 30.6 Å². The monoisotopic (exact) mass is 485 g/mol. The summed E-state index contributed by atoms with van der Waals surface area (Å²) in [5.41, 5.74) is 4.28. The van der Waals surface area contributed by atoms with Crippen LogP contribution < -0.4 is 4.90 Å². The summed E-state index contributed by atoms with van der Waals surface area (Å²) in [7, 11) is 3.99. The molecule has 0 amide bonds. The summed E-state index contributed by atoms with van der Waals surface area (Å²) in [5.74, 6) is 0.639. The van der Waals surface area contributed by atoms with Gasteiger partial charge in [0.15, 0.2) is 0 Å². The van der Waals surface area contributed by atoms with Crippen molar-refractivity contribution in [3.63, 3.8) is 0 Å². The quantitative estimate of drug-likeness (QED) is 0.246. The Morgan fingerprint density at radius 1 is 0.722 bits per heavy atom. The molecular formula is C32H39NO3. The molecule has 0 N–H and O–H groups in total. The molecule has 0 aliphatic heterocycles. The van der Waals surface area contributed by atoms with Gasteiger partial charge in [-0.05, 0) is 40.8 Å². The smallest absolute Gasteiger partial charge is 0.142 e. The number of carbonyl (C=O) groups is 3. The molecule has 0 heterocycles. The zero-order chi connectivity index (χ0) is 26.8. The SMILES string of the molecule is CCC(C)C(C)C=O.CN(C)c1ccc(C=CC=O)cc1.O=CC(c1ccccc1)c1ccccc1. The largest absolute Gasteiger partial charge is 0.378 e. The van der Waals surface area contributed by atoms with Crippen molar-refractivity contribution in [3.05, 3.63) is 108 Å². The molecule has 4 nitrogen and oxygen atoms in total. The second-order valence-corrected chi connectivity index (χ2v) is 8.80. The minimum atomic E-state index is -0.146. The Labute approximate surface area is 216 Å². The van der Waals surface area contributed by atoms with E-state index >= 15 is 0 Å². The first-order valence-corrected chi connectivity index (χ1v) is 12.3. The first kappa shape index (κ1) is 30.2. The zero-order valence-corrected chi connectivity index (χ0v) is 22.1. The van der Waals surface area contributed by atoms with Crippen LogP contribution in [0.5, 0.6) is 0 Å². The molecule has 3 aromatic rings. The van der Waals surface area contributed by atoms with Crippen molar-refractivity contribution in [1.82, 2.24) is 0 Å². The number of hydrogen-bond acceptors (Lipinski definition) is 4. The third kappa shape index (κ3) is 11.1. The first-order valence-electron chi connectivity index (χ1n) is 12.3. The van der Waals surface area contributed by atoms with E-state index in [-0.39, 0.29) is 11.8 Å². The molecule has 3 aromatic carbocycles. The molecule has 0 bridgehead atoms. The van der Waals surface area contributed by atoms with Crippen molar-refractivity contribution in [2.24, 2.45) is 11.8 Å². The molecule has 0 aliphatic carbocycles. The first-order chi connectivity index (χ1) is 17.4. The number of anilines is 1. The van der Waals surface area contributed by atoms with E-state index in [9.17, 15) is 14.4 Å². The van der Waals surface area contributed by atoms with E-state index in [1.54, 1.807) is 6.08 Å². The topological polar surface area (TPSA) is 54.5 Å². The molecule has 2 atom stereocenters. The van der Waals surface area contributed by atoms with Crippen LogP contribution in [-0.2, 0) is 14.4 Å². The van der Waals surface area contributed by atoms with Crippen molar-refractivity contribution < 1.29 is 14.4 Å². The molecule has 2 unspecified atom stereocenters. The summed E-state index contributed by atoms with van der Waals surface area (Å²) < 4.78 is 0. The highest BCUT2D eigenvalue weighted by atomic mass is 16.1. The van der Waals surface area contributed by atoms with Gasteiger partial charge < -0.3 is 14.5 Å². The summed E-state index contributed by atoms with van der Waals surface area (Å²) in [4.78, 5) is 33.3. The summed E-state index contributed by atoms with van der Waals surface area (Å²) >= 11 is 0. The predicted octanol–water partition coefficient (Wildman–Crippen LogP) is 6.85. The molecule has 36 heavy (non-hydrogen) atoms. The highest BCUT2D eigenvalue weighted by molar-refractivity contribution is 5.74. The minimum absolute atomic E-state index is 0.146. The molecule has 3 rings (SSSR count). The van der Waals surface area contributed by atoms with Crippen LogP contribution in [0.15, 0.2) is 91.0 Å². The van der Waals surface area contributed by atoms with Gasteiger partial charge in [-0.2, -0.15) is 0 Å². The molecule has 190 valence electrons. The van der Waals surface area contributed by atoms with Crippen LogP contribution in [0.4, 0.5) is 5.69 Å². The molecule has 0 spiro atoms. The molecule has 0 saturated heterocycles. The number of rotatable bonds is 9. The Kier molecular flexibility index (Phi) is 14.8. The van der Waals surface area contributed by atoms with Gasteiger partial charge in [0.1, 0.15) is 18.9 Å². The molecule has 0 saturated carbocycles. The number of carbonyl (C=O) groups excluding carboxylic acids is 3. The van der Waals surface area contributed by atoms with E-state index < -0.39 is 0 Å². The second-order valence-electron chi connectivity index (χ2n) is 8.80. The summed E-state index contributed by atoms with van der Waals surface area (Å²) in [6.07, 6.45) is 7.16. The van der Waals surface area contributed by atoms with Crippen LogP contribution in [-0.4, -0.2) is 33.0 Å². The van der Waals surface area contributed by atoms with E-state index in [0.717, 1.165) is 47.7 Å². The van der Waals surface area contributed by atoms with Gasteiger partial charge in [-0.3, -0.25) is 4.79 Å². The number of aldehydes is 3. The fourth-order valence-electron chi connectivity index (χ4n) is 3.21. The number of nitrogens with zero attached hydrogens (tertiary/aromatic N) is 1. The van der Waals surface area contributed by atoms with Gasteiger partial charge in [-0.25, -0.2) is 0 Å². The van der Waals surface area contributed by atoms with Crippen molar-refractivity contribution in [2.45, 2.75) is 33.1 Å². The molecule has 0 aromatic heterocycles. The highest BCUT2D eigenvalue weighted by Gasteiger charge is 2.11. The van der Waals surface area contributed by atoms with Crippen molar-refractivity contribution in [1.29, 1.82) is 0 Å². The molecule has 0 fully saturated rings. The Bertz CT molecular complexity index is 989. The maximum Gasteiger partial charge on any atom is 0.142 e. The van der Waals surface area contributed by atoms with E-state index in [2.05, 4.69) is 13.8 Å². The van der Waals surface area contributed by atoms with Crippen LogP contribution >= 0.6 is 0 Å². The molecule has 4 heteroatoms. The highest BCUT2D eigenvalue weighted by Crippen LogP contribution is 2.21. The Morgan fingerprint density at radius 2 is 1.22 bits per heavy atom. The van der Waals surface area contributed by atoms with Crippen molar-refractivity contribution in [2.75, 3.05) is 19.0 Å². The molecule has 0 radical (unpaired) electrons. The number of hydrogen-bond donors (Lipinski definition) is 0. The van der Waals surface area contributed by atoms with Crippen LogP contribution in [0.2, 0.25) is 0 Å². The summed E-state index contributed by atoms with van der Waals surface area (Å²) in [5, 5.41) is 0. The second kappa shape index (κ2) is 17.6. The van der Waals surface area contributed by atoms with Crippen molar-refractivity contribution in [3.8, 4) is 0 Å². The molecule has 0 aliphatic rings. The Hall–Kier alpha value is -3.79. The molecular weight excluding hydrogens is 446 g/mol. The van der Waals surface area contributed by atoms with E-state index in [4.69, 9.17) is 0 Å². The van der Waals surface area contributed by atoms with Crippen LogP contribution in [0.3, 0.4) is 0 Å². The summed E-state index contributed by atoms with van der Waals surface area (Å²) in [6, 6.07) is 27.6. The number of allylic oxidation sites excluding steroid dienone is 1. The fraction of sp³-hybridized carbons (Fsp3) is 0.281. The van der Waals surface area contributed by atoms with Gasteiger partial charge in [-0.15, -0.1) is 0 Å². The van der Waals surface area contributed by atoms with Crippen LogP contribution in [0, 0.1) is 11.8 Å². The van der Waals surface area contributed by atoms with E-state index in [1.807, 2.05) is 111 Å². The normalized spacial score (nSPS) is 11.8. The lowest BCUT2D eigenvalue weighted by molar-refractivity contribution is -0.112. The maximum atomic E-state index is 11.1. The standard InChI is InChI=1S/C14H12O.C11H13NO.C7H14O/c15-11-14(12-7-3-1-4-8-12)13-9-5-2-6-10-13;1-12(2)11-7-5-10(6-8-11)4-3-9-13;1-4-6(2)7(3)5-8/h1-11,14H;3-9H,1-2H3;5-7H,4H2,1-3H3. The van der Waals surface area contributed by atoms with E-state index in [0.29, 0.717) is 5.92 Å². The third-order valence-electron chi connectivity index (χ3n) is 5.99. The maximum absolute atomic E-state index is 11.1. The van der Waals surface area contributed by atoms with E-state index in [1.165, 1.54) is 6.08 Å². The Balaban J connectivity index is 0.000000284. The average Bonchev–Trinajstić information content (AvgIpc) is 2.93. The lowest BCUT2D eigenvalue weighted by atomic mass is 9.93. The Morgan fingerprint density at radius 3 is 1.56 bits per heavy atom. The minimum Gasteiger partial charge on any atom is -0.378 e. The van der Waals surface area contributed by atoms with Gasteiger partial charge in [0.2, 0.25) is 0 Å². The zero-order valence-electron chi connectivity index (χ0n) is 22.1.